The lowest BCUT2D eigenvalue weighted by atomic mass is 10.3. The maximum Gasteiger partial charge on any atom is 0.327 e. The van der Waals surface area contributed by atoms with Gasteiger partial charge in [0, 0.05) is 6.92 Å². The van der Waals surface area contributed by atoms with Crippen LogP contribution in [0.25, 0.3) is 0 Å². The van der Waals surface area contributed by atoms with Crippen molar-refractivity contribution in [3.8, 4) is 0 Å². The lowest BCUT2D eigenvalue weighted by molar-refractivity contribution is -0.140. The summed E-state index contributed by atoms with van der Waals surface area (Å²) in [6, 6.07) is -1.01. The highest BCUT2D eigenvalue weighted by Gasteiger charge is 2.17. The normalized spacial score (nSPS) is 12.2. The molecule has 5 nitrogen and oxygen atoms in total. The molecular formula is C5H9NO4S. The summed E-state index contributed by atoms with van der Waals surface area (Å²) in [5.74, 6) is -1.62. The highest BCUT2D eigenvalue weighted by Crippen LogP contribution is 1.96. The van der Waals surface area contributed by atoms with Crippen LogP contribution in [0.2, 0.25) is 0 Å². The van der Waals surface area contributed by atoms with E-state index in [1.54, 1.807) is 0 Å². The molecule has 0 rings (SSSR count). The third-order valence-corrected chi connectivity index (χ3v) is 1.40. The highest BCUT2D eigenvalue weighted by molar-refractivity contribution is 7.93. The Morgan fingerprint density at radius 2 is 2.18 bits per heavy atom. The summed E-state index contributed by atoms with van der Waals surface area (Å²) >= 11 is 0.384. The van der Waals surface area contributed by atoms with Gasteiger partial charge >= 0.3 is 5.97 Å². The molecule has 0 aromatic carbocycles. The van der Waals surface area contributed by atoms with Gasteiger partial charge in [-0.2, -0.15) is 0 Å². The van der Waals surface area contributed by atoms with E-state index < -0.39 is 17.9 Å². The predicted octanol–water partition coefficient (Wildman–Crippen LogP) is -0.218. The number of amides is 1. The zero-order valence-electron chi connectivity index (χ0n) is 5.90. The van der Waals surface area contributed by atoms with Gasteiger partial charge in [-0.3, -0.25) is 4.79 Å². The van der Waals surface area contributed by atoms with Crippen molar-refractivity contribution in [1.82, 2.24) is 5.32 Å². The average Bonchev–Trinajstić information content (AvgIpc) is 1.86. The van der Waals surface area contributed by atoms with Crippen molar-refractivity contribution in [3.63, 3.8) is 0 Å². The molecule has 64 valence electrons. The fourth-order valence-corrected chi connectivity index (χ4v) is 0.870. The van der Waals surface area contributed by atoms with Gasteiger partial charge in [0.15, 0.2) is 0 Å². The molecule has 1 atom stereocenters. The molecule has 0 aromatic heterocycles. The van der Waals surface area contributed by atoms with Crippen molar-refractivity contribution < 1.29 is 19.2 Å². The van der Waals surface area contributed by atoms with Gasteiger partial charge in [-0.05, 0) is 12.0 Å². The Kier molecular flexibility index (Phi) is 4.64. The Labute approximate surface area is 68.0 Å². The predicted molar refractivity (Wildman–Crippen MR) is 40.3 cm³/mol. The molecule has 0 heterocycles. The Hall–Kier alpha value is -0.750. The topological polar surface area (TPSA) is 86.6 Å². The van der Waals surface area contributed by atoms with Gasteiger partial charge in [0.25, 0.3) is 0 Å². The fourth-order valence-electron chi connectivity index (χ4n) is 0.495. The molecule has 0 saturated carbocycles. The zero-order valence-corrected chi connectivity index (χ0v) is 6.72. The monoisotopic (exact) mass is 179 g/mol. The molecule has 1 amide bonds. The van der Waals surface area contributed by atoms with Crippen LogP contribution in [0.4, 0.5) is 0 Å². The quantitative estimate of drug-likeness (QED) is 0.519. The molecule has 0 fully saturated rings. The Bertz CT molecular complexity index is 161. The van der Waals surface area contributed by atoms with E-state index in [9.17, 15) is 9.59 Å². The molecule has 0 aliphatic carbocycles. The molecule has 6 heteroatoms. The lowest BCUT2D eigenvalue weighted by Crippen LogP contribution is -2.41. The molecule has 0 spiro atoms. The molecule has 0 aliphatic rings. The van der Waals surface area contributed by atoms with Crippen molar-refractivity contribution in [2.45, 2.75) is 13.0 Å². The minimum absolute atomic E-state index is 0.0467. The molecule has 0 bridgehead atoms. The first-order chi connectivity index (χ1) is 5.07. The van der Waals surface area contributed by atoms with E-state index in [-0.39, 0.29) is 5.75 Å². The van der Waals surface area contributed by atoms with E-state index in [0.717, 1.165) is 0 Å². The van der Waals surface area contributed by atoms with Crippen molar-refractivity contribution in [3.05, 3.63) is 0 Å². The van der Waals surface area contributed by atoms with Gasteiger partial charge in [-0.25, -0.2) is 4.79 Å². The summed E-state index contributed by atoms with van der Waals surface area (Å²) in [4.78, 5) is 20.7. The Morgan fingerprint density at radius 3 is 2.45 bits per heavy atom. The maximum atomic E-state index is 10.4. The van der Waals surface area contributed by atoms with Crippen LogP contribution in [0.5, 0.6) is 0 Å². The largest absolute Gasteiger partial charge is 0.480 e. The summed E-state index contributed by atoms with van der Waals surface area (Å²) in [6.07, 6.45) is 0. The summed E-state index contributed by atoms with van der Waals surface area (Å²) in [7, 11) is 0. The minimum atomic E-state index is -1.15. The number of carbonyl (C=O) groups is 2. The summed E-state index contributed by atoms with van der Waals surface area (Å²) in [6.45, 7) is 1.22. The first kappa shape index (κ1) is 10.2. The SMILES string of the molecule is CC(=O)NC(CSO)C(=O)O. The first-order valence-corrected chi connectivity index (χ1v) is 3.78. The van der Waals surface area contributed by atoms with E-state index in [0.29, 0.717) is 12.0 Å². The second-order valence-corrected chi connectivity index (χ2v) is 2.48. The van der Waals surface area contributed by atoms with Gasteiger partial charge < -0.3 is 15.0 Å². The van der Waals surface area contributed by atoms with Gasteiger partial charge in [-0.1, -0.05) is 0 Å². The van der Waals surface area contributed by atoms with Crippen LogP contribution in [0, 0.1) is 0 Å². The van der Waals surface area contributed by atoms with Crippen LogP contribution in [-0.2, 0) is 9.59 Å². The van der Waals surface area contributed by atoms with E-state index in [1.807, 2.05) is 0 Å². The van der Waals surface area contributed by atoms with Gasteiger partial charge in [0.05, 0.1) is 5.75 Å². The molecule has 1 unspecified atom stereocenters. The van der Waals surface area contributed by atoms with Crippen molar-refractivity contribution in [2.75, 3.05) is 5.75 Å². The second-order valence-electron chi connectivity index (χ2n) is 1.89. The number of rotatable bonds is 4. The van der Waals surface area contributed by atoms with Crippen LogP contribution in [-0.4, -0.2) is 33.3 Å². The molecule has 11 heavy (non-hydrogen) atoms. The fraction of sp³-hybridized carbons (Fsp3) is 0.600. The summed E-state index contributed by atoms with van der Waals surface area (Å²) < 4.78 is 8.30. The standard InChI is InChI=1S/C5H9NO4S/c1-3(7)6-4(2-11-10)5(8)9/h4,10H,2H2,1H3,(H,6,7)(H,8,9). The highest BCUT2D eigenvalue weighted by atomic mass is 32.2. The Morgan fingerprint density at radius 1 is 1.64 bits per heavy atom. The van der Waals surface area contributed by atoms with Crippen LogP contribution in [0.1, 0.15) is 6.92 Å². The number of aliphatic carboxylic acids is 1. The van der Waals surface area contributed by atoms with Crippen LogP contribution >= 0.6 is 12.0 Å². The van der Waals surface area contributed by atoms with Crippen molar-refractivity contribution in [1.29, 1.82) is 0 Å². The van der Waals surface area contributed by atoms with Gasteiger partial charge in [-0.15, -0.1) is 0 Å². The smallest absolute Gasteiger partial charge is 0.327 e. The van der Waals surface area contributed by atoms with E-state index in [4.69, 9.17) is 9.66 Å². The second kappa shape index (κ2) is 4.97. The van der Waals surface area contributed by atoms with E-state index in [2.05, 4.69) is 5.32 Å². The maximum absolute atomic E-state index is 10.4. The Balaban J connectivity index is 3.89. The number of nitrogens with one attached hydrogen (secondary N) is 1. The molecule has 0 radical (unpaired) electrons. The number of carbonyl (C=O) groups excluding carboxylic acids is 1. The lowest BCUT2D eigenvalue weighted by Gasteiger charge is -2.09. The molecular weight excluding hydrogens is 170 g/mol. The number of hydrogen-bond acceptors (Lipinski definition) is 4. The molecule has 3 N–H and O–H groups in total. The number of hydrogen-bond donors (Lipinski definition) is 3. The van der Waals surface area contributed by atoms with Crippen LogP contribution in [0.3, 0.4) is 0 Å². The third kappa shape index (κ3) is 4.63. The number of carboxylic acids is 1. The third-order valence-electron chi connectivity index (χ3n) is 0.917. The summed E-state index contributed by atoms with van der Waals surface area (Å²) in [5.41, 5.74) is 0. The van der Waals surface area contributed by atoms with E-state index in [1.165, 1.54) is 6.92 Å². The van der Waals surface area contributed by atoms with Crippen molar-refractivity contribution >= 4 is 23.9 Å². The average molecular weight is 179 g/mol. The van der Waals surface area contributed by atoms with Crippen LogP contribution < -0.4 is 5.32 Å². The number of carboxylic acid groups (broad SMARTS) is 1. The minimum Gasteiger partial charge on any atom is -0.480 e. The first-order valence-electron chi connectivity index (χ1n) is 2.84. The zero-order chi connectivity index (χ0) is 8.85. The van der Waals surface area contributed by atoms with E-state index >= 15 is 0 Å². The van der Waals surface area contributed by atoms with Crippen LogP contribution in [0.15, 0.2) is 0 Å². The summed E-state index contributed by atoms with van der Waals surface area (Å²) in [5, 5.41) is 10.6. The molecule has 0 aromatic rings. The van der Waals surface area contributed by atoms with Gasteiger partial charge in [0.1, 0.15) is 6.04 Å². The molecule has 0 saturated heterocycles. The molecule has 0 aliphatic heterocycles. The van der Waals surface area contributed by atoms with Crippen molar-refractivity contribution in [2.24, 2.45) is 0 Å². The van der Waals surface area contributed by atoms with Gasteiger partial charge in [0.2, 0.25) is 5.91 Å².